The van der Waals surface area contributed by atoms with Crippen LogP contribution in [0.3, 0.4) is 0 Å². The van der Waals surface area contributed by atoms with Gasteiger partial charge in [-0.2, -0.15) is 0 Å². The van der Waals surface area contributed by atoms with Crippen LogP contribution >= 0.6 is 11.8 Å². The predicted octanol–water partition coefficient (Wildman–Crippen LogP) is 2.68. The molecule has 3 aromatic rings. The standard InChI is InChI=1S/C22H19FN4O5S/c23-14-4-1-5-15-19(14)20(29)26(21(30)25-15)8-2-3-13-10-27(22(31)32-13)12-6-7-17-16(9-12)24-18(28)11-33-17/h1,4-7,9,13H,2-3,8,10-11H2,(H,24,28)(H,25,30). The number of carbonyl (C=O) groups excluding carboxylic acids is 2. The Morgan fingerprint density at radius 3 is 2.85 bits per heavy atom. The van der Waals surface area contributed by atoms with Crippen LogP contribution in [0.2, 0.25) is 0 Å². The van der Waals surface area contributed by atoms with Crippen LogP contribution in [0.25, 0.3) is 10.9 Å². The smallest absolute Gasteiger partial charge is 0.414 e. The number of rotatable bonds is 5. The van der Waals surface area contributed by atoms with Crippen molar-refractivity contribution in [3.8, 4) is 0 Å². The van der Waals surface area contributed by atoms with E-state index in [-0.39, 0.29) is 23.4 Å². The van der Waals surface area contributed by atoms with Crippen molar-refractivity contribution in [2.24, 2.45) is 0 Å². The Labute approximate surface area is 190 Å². The number of hydrogen-bond acceptors (Lipinski definition) is 6. The van der Waals surface area contributed by atoms with Gasteiger partial charge in [-0.3, -0.25) is 19.1 Å². The first-order valence-electron chi connectivity index (χ1n) is 10.4. The molecule has 2 amide bonds. The lowest BCUT2D eigenvalue weighted by molar-refractivity contribution is -0.113. The minimum absolute atomic E-state index is 0.0641. The number of thioether (sulfide) groups is 1. The van der Waals surface area contributed by atoms with E-state index in [1.165, 1.54) is 34.9 Å². The van der Waals surface area contributed by atoms with Crippen molar-refractivity contribution < 1.29 is 18.7 Å². The van der Waals surface area contributed by atoms with Crippen molar-refractivity contribution in [1.82, 2.24) is 9.55 Å². The molecule has 5 rings (SSSR count). The normalized spacial score (nSPS) is 17.7. The van der Waals surface area contributed by atoms with Gasteiger partial charge in [-0.15, -0.1) is 11.8 Å². The lowest BCUT2D eigenvalue weighted by Crippen LogP contribution is -2.35. The number of carbonyl (C=O) groups is 2. The van der Waals surface area contributed by atoms with Gasteiger partial charge in [0.05, 0.1) is 28.9 Å². The Hall–Kier alpha value is -3.60. The number of aromatic nitrogens is 2. The second-order valence-corrected chi connectivity index (χ2v) is 8.84. The molecule has 0 radical (unpaired) electrons. The summed E-state index contributed by atoms with van der Waals surface area (Å²) >= 11 is 1.44. The summed E-state index contributed by atoms with van der Waals surface area (Å²) in [6.07, 6.45) is -0.131. The first kappa shape index (κ1) is 21.3. The molecule has 170 valence electrons. The first-order valence-corrected chi connectivity index (χ1v) is 11.4. The van der Waals surface area contributed by atoms with Gasteiger partial charge >= 0.3 is 11.8 Å². The summed E-state index contributed by atoms with van der Waals surface area (Å²) in [5, 5.41) is 2.64. The molecule has 1 fully saturated rings. The van der Waals surface area contributed by atoms with Crippen molar-refractivity contribution in [3.63, 3.8) is 0 Å². The van der Waals surface area contributed by atoms with Crippen LogP contribution in [-0.2, 0) is 16.1 Å². The number of amides is 2. The summed E-state index contributed by atoms with van der Waals surface area (Å²) in [5.41, 5.74) is 0.123. The third-order valence-electron chi connectivity index (χ3n) is 5.65. The largest absolute Gasteiger partial charge is 0.444 e. The van der Waals surface area contributed by atoms with E-state index >= 15 is 0 Å². The van der Waals surface area contributed by atoms with Gasteiger partial charge in [0.15, 0.2) is 0 Å². The summed E-state index contributed by atoms with van der Waals surface area (Å²) in [4.78, 5) is 53.9. The van der Waals surface area contributed by atoms with Crippen LogP contribution in [0.4, 0.5) is 20.6 Å². The highest BCUT2D eigenvalue weighted by Gasteiger charge is 2.32. The molecule has 2 N–H and O–H groups in total. The molecule has 1 unspecified atom stereocenters. The van der Waals surface area contributed by atoms with E-state index in [2.05, 4.69) is 10.3 Å². The molecule has 0 aliphatic carbocycles. The van der Waals surface area contributed by atoms with Crippen molar-refractivity contribution in [3.05, 3.63) is 63.1 Å². The predicted molar refractivity (Wildman–Crippen MR) is 121 cm³/mol. The number of nitrogens with zero attached hydrogens (tertiary/aromatic N) is 2. The van der Waals surface area contributed by atoms with Crippen LogP contribution in [0.1, 0.15) is 12.8 Å². The van der Waals surface area contributed by atoms with Gasteiger partial charge < -0.3 is 15.0 Å². The molecule has 11 heteroatoms. The van der Waals surface area contributed by atoms with E-state index < -0.39 is 29.3 Å². The van der Waals surface area contributed by atoms with Crippen molar-refractivity contribution in [1.29, 1.82) is 0 Å². The number of ether oxygens (including phenoxy) is 1. The molecular weight excluding hydrogens is 451 g/mol. The SMILES string of the molecule is O=C1CSc2ccc(N3CC(CCCn4c(=O)[nH]c5cccc(F)c5c4=O)OC3=O)cc2N1. The first-order chi connectivity index (χ1) is 15.9. The summed E-state index contributed by atoms with van der Waals surface area (Å²) < 4.78 is 20.5. The molecule has 1 aromatic heterocycles. The lowest BCUT2D eigenvalue weighted by Gasteiger charge is -2.20. The number of benzene rings is 2. The number of nitrogens with one attached hydrogen (secondary N) is 2. The maximum atomic E-state index is 14.1. The zero-order valence-corrected chi connectivity index (χ0v) is 18.1. The van der Waals surface area contributed by atoms with Gasteiger partial charge in [0.2, 0.25) is 5.91 Å². The Morgan fingerprint density at radius 2 is 2.00 bits per heavy atom. The van der Waals surface area contributed by atoms with E-state index in [1.54, 1.807) is 12.1 Å². The molecule has 2 aliphatic heterocycles. The van der Waals surface area contributed by atoms with E-state index in [4.69, 9.17) is 4.74 Å². The summed E-state index contributed by atoms with van der Waals surface area (Å²) in [6.45, 7) is 0.366. The number of aromatic amines is 1. The maximum absolute atomic E-state index is 14.1. The zero-order valence-electron chi connectivity index (χ0n) is 17.3. The monoisotopic (exact) mass is 470 g/mol. The van der Waals surface area contributed by atoms with Crippen LogP contribution in [0.15, 0.2) is 50.9 Å². The average Bonchev–Trinajstić information content (AvgIpc) is 3.15. The van der Waals surface area contributed by atoms with E-state index in [9.17, 15) is 23.6 Å². The molecular formula is C22H19FN4O5S. The molecule has 0 saturated carbocycles. The summed E-state index contributed by atoms with van der Waals surface area (Å²) in [5.74, 6) is -0.427. The van der Waals surface area contributed by atoms with E-state index in [1.807, 2.05) is 6.07 Å². The van der Waals surface area contributed by atoms with Crippen molar-refractivity contribution in [2.45, 2.75) is 30.4 Å². The number of cyclic esters (lactones) is 1. The average molecular weight is 470 g/mol. The van der Waals surface area contributed by atoms with Crippen LogP contribution in [-0.4, -0.2) is 40.0 Å². The molecule has 9 nitrogen and oxygen atoms in total. The fourth-order valence-corrected chi connectivity index (χ4v) is 4.85. The van der Waals surface area contributed by atoms with E-state index in [0.717, 1.165) is 9.46 Å². The highest BCUT2D eigenvalue weighted by atomic mass is 32.2. The second kappa shape index (κ2) is 8.39. The van der Waals surface area contributed by atoms with Gasteiger partial charge in [-0.05, 0) is 43.2 Å². The molecule has 33 heavy (non-hydrogen) atoms. The Kier molecular flexibility index (Phi) is 5.41. The number of H-pyrrole nitrogens is 1. The van der Waals surface area contributed by atoms with Gasteiger partial charge in [-0.1, -0.05) is 6.07 Å². The lowest BCUT2D eigenvalue weighted by atomic mass is 10.1. The number of anilines is 2. The molecule has 2 aliphatic rings. The van der Waals surface area contributed by atoms with Gasteiger partial charge in [0.1, 0.15) is 11.9 Å². The molecule has 0 bridgehead atoms. The Bertz CT molecular complexity index is 1400. The quantitative estimate of drug-likeness (QED) is 0.593. The van der Waals surface area contributed by atoms with Gasteiger partial charge in [-0.25, -0.2) is 14.0 Å². The third kappa shape index (κ3) is 3.99. The molecule has 1 saturated heterocycles. The number of hydrogen-bond donors (Lipinski definition) is 2. The summed E-state index contributed by atoms with van der Waals surface area (Å²) in [7, 11) is 0. The number of halogens is 1. The van der Waals surface area contributed by atoms with Crippen LogP contribution in [0, 0.1) is 5.82 Å². The second-order valence-electron chi connectivity index (χ2n) is 7.83. The third-order valence-corrected chi connectivity index (χ3v) is 6.72. The molecule has 0 spiro atoms. The highest BCUT2D eigenvalue weighted by Crippen LogP contribution is 2.35. The van der Waals surface area contributed by atoms with Crippen molar-refractivity contribution >= 4 is 46.0 Å². The highest BCUT2D eigenvalue weighted by molar-refractivity contribution is 8.00. The van der Waals surface area contributed by atoms with Crippen LogP contribution < -0.4 is 21.5 Å². The number of fused-ring (bicyclic) bond motifs is 2. The van der Waals surface area contributed by atoms with Gasteiger partial charge in [0.25, 0.3) is 5.56 Å². The Morgan fingerprint density at radius 1 is 1.15 bits per heavy atom. The molecule has 1 atom stereocenters. The molecule has 3 heterocycles. The van der Waals surface area contributed by atoms with Crippen molar-refractivity contribution in [2.75, 3.05) is 22.5 Å². The summed E-state index contributed by atoms with van der Waals surface area (Å²) in [6, 6.07) is 9.47. The fraction of sp³-hybridized carbons (Fsp3) is 0.273. The maximum Gasteiger partial charge on any atom is 0.414 e. The van der Waals surface area contributed by atoms with Crippen LogP contribution in [0.5, 0.6) is 0 Å². The van der Waals surface area contributed by atoms with E-state index in [0.29, 0.717) is 36.5 Å². The zero-order chi connectivity index (χ0) is 23.1. The molecule has 2 aromatic carbocycles. The van der Waals surface area contributed by atoms with Gasteiger partial charge in [0, 0.05) is 17.1 Å². The minimum atomic E-state index is -0.692. The topological polar surface area (TPSA) is 114 Å². The Balaban J connectivity index is 1.26. The minimum Gasteiger partial charge on any atom is -0.444 e. The fourth-order valence-electron chi connectivity index (χ4n) is 4.06.